The van der Waals surface area contributed by atoms with Gasteiger partial charge < -0.3 is 25.6 Å². The van der Waals surface area contributed by atoms with Crippen molar-refractivity contribution in [1.29, 1.82) is 0 Å². The molecule has 4 N–H and O–H groups in total. The molecule has 1 aromatic carbocycles. The summed E-state index contributed by atoms with van der Waals surface area (Å²) < 4.78 is 10.7. The third-order valence-corrected chi connectivity index (χ3v) is 3.81. The summed E-state index contributed by atoms with van der Waals surface area (Å²) in [4.78, 5) is 4.34. The predicted octanol–water partition coefficient (Wildman–Crippen LogP) is 1.27. The molecule has 0 saturated heterocycles. The van der Waals surface area contributed by atoms with Gasteiger partial charge in [-0.1, -0.05) is 12.5 Å². The van der Waals surface area contributed by atoms with Crippen LogP contribution in [0.3, 0.4) is 0 Å². The molecule has 6 heteroatoms. The molecule has 0 unspecified atom stereocenters. The zero-order valence-corrected chi connectivity index (χ0v) is 13.0. The first-order chi connectivity index (χ1) is 10.7. The van der Waals surface area contributed by atoms with E-state index in [2.05, 4.69) is 10.3 Å². The smallest absolute Gasteiger partial charge is 0.188 e. The average Bonchev–Trinajstić information content (AvgIpc) is 2.49. The van der Waals surface area contributed by atoms with Crippen LogP contribution in [0.15, 0.2) is 23.2 Å². The first kappa shape index (κ1) is 16.4. The van der Waals surface area contributed by atoms with Gasteiger partial charge in [0.25, 0.3) is 0 Å². The van der Waals surface area contributed by atoms with Gasteiger partial charge in [0, 0.05) is 6.54 Å². The van der Waals surface area contributed by atoms with Crippen LogP contribution < -0.4 is 20.5 Å². The van der Waals surface area contributed by atoms with Crippen LogP contribution in [-0.4, -0.2) is 37.9 Å². The molecule has 1 aliphatic rings. The van der Waals surface area contributed by atoms with E-state index in [0.717, 1.165) is 18.0 Å². The largest absolute Gasteiger partial charge is 0.493 e. The Labute approximate surface area is 131 Å². The predicted molar refractivity (Wildman–Crippen MR) is 86.2 cm³/mol. The third kappa shape index (κ3) is 4.80. The van der Waals surface area contributed by atoms with E-state index in [4.69, 9.17) is 20.3 Å². The van der Waals surface area contributed by atoms with Crippen molar-refractivity contribution in [2.75, 3.05) is 26.9 Å². The lowest BCUT2D eigenvalue weighted by Gasteiger charge is -2.25. The number of ether oxygens (including phenoxy) is 2. The summed E-state index contributed by atoms with van der Waals surface area (Å²) in [6.07, 6.45) is 3.90. The molecule has 1 aliphatic carbocycles. The molecule has 0 atom stereocenters. The maximum Gasteiger partial charge on any atom is 0.188 e. The number of aliphatic imine (C=N–C) groups is 1. The second kappa shape index (κ2) is 8.48. The van der Waals surface area contributed by atoms with Crippen LogP contribution in [0, 0.1) is 5.92 Å². The summed E-state index contributed by atoms with van der Waals surface area (Å²) in [6, 6.07) is 5.60. The molecule has 6 nitrogen and oxygen atoms in total. The molecule has 0 spiro atoms. The van der Waals surface area contributed by atoms with Gasteiger partial charge in [-0.15, -0.1) is 0 Å². The van der Waals surface area contributed by atoms with Gasteiger partial charge in [-0.05, 0) is 36.5 Å². The Bertz CT molecular complexity index is 501. The van der Waals surface area contributed by atoms with Crippen LogP contribution in [0.4, 0.5) is 0 Å². The Kier molecular flexibility index (Phi) is 6.33. The zero-order chi connectivity index (χ0) is 15.8. The van der Waals surface area contributed by atoms with E-state index < -0.39 is 0 Å². The molecule has 122 valence electrons. The van der Waals surface area contributed by atoms with Crippen molar-refractivity contribution >= 4 is 5.96 Å². The number of nitrogens with zero attached hydrogens (tertiary/aromatic N) is 1. The van der Waals surface area contributed by atoms with Crippen molar-refractivity contribution < 1.29 is 14.6 Å². The lowest BCUT2D eigenvalue weighted by Crippen LogP contribution is -2.37. The van der Waals surface area contributed by atoms with E-state index in [1.807, 2.05) is 18.2 Å². The summed E-state index contributed by atoms with van der Waals surface area (Å²) >= 11 is 0. The zero-order valence-electron chi connectivity index (χ0n) is 13.0. The number of hydrogen-bond acceptors (Lipinski definition) is 4. The van der Waals surface area contributed by atoms with Crippen molar-refractivity contribution in [2.45, 2.75) is 25.8 Å². The number of benzene rings is 1. The molecule has 1 aromatic rings. The Hall–Kier alpha value is -1.95. The number of hydrogen-bond donors (Lipinski definition) is 3. The monoisotopic (exact) mass is 307 g/mol. The van der Waals surface area contributed by atoms with Crippen LogP contribution in [-0.2, 0) is 6.54 Å². The Morgan fingerprint density at radius 2 is 2.23 bits per heavy atom. The van der Waals surface area contributed by atoms with Crippen LogP contribution in [0.5, 0.6) is 11.5 Å². The molecule has 1 fully saturated rings. The Balaban J connectivity index is 1.88. The fraction of sp³-hybridized carbons (Fsp3) is 0.562. The SMILES string of the molecule is COc1cc(CN=C(N)NCC2CCC2)ccc1OCCO. The minimum Gasteiger partial charge on any atom is -0.493 e. The minimum atomic E-state index is -0.0294. The van der Waals surface area contributed by atoms with E-state index in [9.17, 15) is 0 Å². The Morgan fingerprint density at radius 1 is 1.41 bits per heavy atom. The Morgan fingerprint density at radius 3 is 2.86 bits per heavy atom. The molecule has 1 saturated carbocycles. The van der Waals surface area contributed by atoms with E-state index in [1.165, 1.54) is 19.3 Å². The first-order valence-corrected chi connectivity index (χ1v) is 7.67. The fourth-order valence-corrected chi connectivity index (χ4v) is 2.26. The maximum absolute atomic E-state index is 8.80. The number of nitrogens with one attached hydrogen (secondary N) is 1. The number of nitrogens with two attached hydrogens (primary N) is 1. The highest BCUT2D eigenvalue weighted by Crippen LogP contribution is 2.28. The lowest BCUT2D eigenvalue weighted by atomic mass is 9.85. The molecule has 0 aliphatic heterocycles. The molecule has 0 bridgehead atoms. The average molecular weight is 307 g/mol. The second-order valence-corrected chi connectivity index (χ2v) is 5.44. The molecule has 0 aromatic heterocycles. The summed E-state index contributed by atoms with van der Waals surface area (Å²) in [5, 5.41) is 12.0. The summed E-state index contributed by atoms with van der Waals surface area (Å²) in [6.45, 7) is 1.61. The van der Waals surface area contributed by atoms with E-state index in [-0.39, 0.29) is 13.2 Å². The fourth-order valence-electron chi connectivity index (χ4n) is 2.26. The number of aliphatic hydroxyl groups excluding tert-OH is 1. The number of rotatable bonds is 8. The minimum absolute atomic E-state index is 0.0294. The topological polar surface area (TPSA) is 89.1 Å². The standard InChI is InChI=1S/C16H25N3O3/c1-21-15-9-13(5-6-14(15)22-8-7-20)11-19-16(17)18-10-12-3-2-4-12/h5-6,9,12,20H,2-4,7-8,10-11H2,1H3,(H3,17,18,19). The highest BCUT2D eigenvalue weighted by atomic mass is 16.5. The molecule has 0 amide bonds. The highest BCUT2D eigenvalue weighted by molar-refractivity contribution is 5.77. The van der Waals surface area contributed by atoms with E-state index in [0.29, 0.717) is 24.0 Å². The number of guanidine groups is 1. The van der Waals surface area contributed by atoms with Crippen LogP contribution in [0.2, 0.25) is 0 Å². The van der Waals surface area contributed by atoms with Crippen LogP contribution >= 0.6 is 0 Å². The maximum atomic E-state index is 8.80. The molecular weight excluding hydrogens is 282 g/mol. The van der Waals surface area contributed by atoms with E-state index >= 15 is 0 Å². The van der Waals surface area contributed by atoms with Gasteiger partial charge >= 0.3 is 0 Å². The van der Waals surface area contributed by atoms with Gasteiger partial charge in [-0.3, -0.25) is 0 Å². The summed E-state index contributed by atoms with van der Waals surface area (Å²) in [7, 11) is 1.59. The third-order valence-electron chi connectivity index (χ3n) is 3.81. The second-order valence-electron chi connectivity index (χ2n) is 5.44. The molecule has 0 radical (unpaired) electrons. The van der Waals surface area contributed by atoms with Crippen molar-refractivity contribution in [3.05, 3.63) is 23.8 Å². The van der Waals surface area contributed by atoms with E-state index in [1.54, 1.807) is 7.11 Å². The van der Waals surface area contributed by atoms with Gasteiger partial charge in [0.15, 0.2) is 17.5 Å². The van der Waals surface area contributed by atoms with Gasteiger partial charge in [0.2, 0.25) is 0 Å². The molecular formula is C16H25N3O3. The lowest BCUT2D eigenvalue weighted by molar-refractivity contribution is 0.196. The molecule has 22 heavy (non-hydrogen) atoms. The van der Waals surface area contributed by atoms with Gasteiger partial charge in [-0.25, -0.2) is 4.99 Å². The summed E-state index contributed by atoms with van der Waals surface area (Å²) in [5.41, 5.74) is 6.86. The van der Waals surface area contributed by atoms with Crippen LogP contribution in [0.25, 0.3) is 0 Å². The van der Waals surface area contributed by atoms with Crippen LogP contribution in [0.1, 0.15) is 24.8 Å². The first-order valence-electron chi connectivity index (χ1n) is 7.67. The van der Waals surface area contributed by atoms with Gasteiger partial charge in [0.1, 0.15) is 6.61 Å². The van der Waals surface area contributed by atoms with Crippen molar-refractivity contribution in [1.82, 2.24) is 5.32 Å². The van der Waals surface area contributed by atoms with Crippen molar-refractivity contribution in [3.63, 3.8) is 0 Å². The van der Waals surface area contributed by atoms with Crippen molar-refractivity contribution in [3.8, 4) is 11.5 Å². The molecule has 2 rings (SSSR count). The molecule has 0 heterocycles. The number of aliphatic hydroxyl groups is 1. The highest BCUT2D eigenvalue weighted by Gasteiger charge is 2.16. The van der Waals surface area contributed by atoms with Gasteiger partial charge in [0.05, 0.1) is 20.3 Å². The van der Waals surface area contributed by atoms with Gasteiger partial charge in [-0.2, -0.15) is 0 Å². The quantitative estimate of drug-likeness (QED) is 0.497. The number of methoxy groups -OCH3 is 1. The van der Waals surface area contributed by atoms with Crippen molar-refractivity contribution in [2.24, 2.45) is 16.6 Å². The normalized spacial score (nSPS) is 15.3. The summed E-state index contributed by atoms with van der Waals surface area (Å²) in [5.74, 6) is 2.46.